The number of benzene rings is 1. The molecule has 0 spiro atoms. The Bertz CT molecular complexity index is 327. The fraction of sp³-hybridized carbons (Fsp3) is 0.400. The summed E-state index contributed by atoms with van der Waals surface area (Å²) in [5.74, 6) is 0.911. The van der Waals surface area contributed by atoms with Gasteiger partial charge in [-0.3, -0.25) is 0 Å². The van der Waals surface area contributed by atoms with Gasteiger partial charge in [-0.25, -0.2) is 0 Å². The van der Waals surface area contributed by atoms with Gasteiger partial charge in [0.15, 0.2) is 0 Å². The molecular weight excluding hydrogens is 230 g/mol. The normalized spacial score (nSPS) is 26.4. The largest absolute Gasteiger partial charge is 0.489 e. The van der Waals surface area contributed by atoms with E-state index in [1.165, 1.54) is 0 Å². The van der Waals surface area contributed by atoms with E-state index in [9.17, 15) is 0 Å². The Morgan fingerprint density at radius 2 is 2.31 bits per heavy atom. The summed E-state index contributed by atoms with van der Waals surface area (Å²) in [5, 5.41) is 0. The molecule has 13 heavy (non-hydrogen) atoms. The number of hydrogen-bond acceptors (Lipinski definition) is 2. The van der Waals surface area contributed by atoms with E-state index in [0.717, 1.165) is 22.2 Å². The molecule has 70 valence electrons. The molecule has 2 atom stereocenters. The molecule has 1 aromatic carbocycles. The molecule has 1 heterocycles. The lowest BCUT2D eigenvalue weighted by molar-refractivity contribution is 0.175. The Morgan fingerprint density at radius 3 is 3.08 bits per heavy atom. The van der Waals surface area contributed by atoms with E-state index in [2.05, 4.69) is 15.9 Å². The van der Waals surface area contributed by atoms with E-state index < -0.39 is 0 Å². The van der Waals surface area contributed by atoms with Crippen molar-refractivity contribution in [2.75, 3.05) is 0 Å². The number of nitrogens with two attached hydrogens (primary N) is 1. The van der Waals surface area contributed by atoms with Gasteiger partial charge in [0.2, 0.25) is 0 Å². The van der Waals surface area contributed by atoms with Gasteiger partial charge in [0.1, 0.15) is 5.75 Å². The van der Waals surface area contributed by atoms with Gasteiger partial charge in [0.25, 0.3) is 0 Å². The summed E-state index contributed by atoms with van der Waals surface area (Å²) >= 11 is 3.46. The first-order chi connectivity index (χ1) is 6.18. The van der Waals surface area contributed by atoms with Crippen molar-refractivity contribution in [2.45, 2.75) is 25.5 Å². The fourth-order valence-corrected chi connectivity index (χ4v) is 2.15. The van der Waals surface area contributed by atoms with Crippen LogP contribution < -0.4 is 10.5 Å². The van der Waals surface area contributed by atoms with Crippen molar-refractivity contribution < 1.29 is 4.74 Å². The molecule has 2 N–H and O–H groups in total. The SMILES string of the molecule is CC1CC(N)c2cccc(Br)c2O1. The summed E-state index contributed by atoms with van der Waals surface area (Å²) < 4.78 is 6.70. The number of fused-ring (bicyclic) bond motifs is 1. The zero-order valence-electron chi connectivity index (χ0n) is 7.46. The van der Waals surface area contributed by atoms with Crippen LogP contribution in [0, 0.1) is 0 Å². The minimum absolute atomic E-state index is 0.108. The van der Waals surface area contributed by atoms with Crippen molar-refractivity contribution in [3.63, 3.8) is 0 Å². The van der Waals surface area contributed by atoms with E-state index in [1.807, 2.05) is 25.1 Å². The molecule has 0 bridgehead atoms. The van der Waals surface area contributed by atoms with Crippen LogP contribution in [0.3, 0.4) is 0 Å². The quantitative estimate of drug-likeness (QED) is 0.758. The molecule has 1 aromatic rings. The third-order valence-corrected chi connectivity index (χ3v) is 2.93. The van der Waals surface area contributed by atoms with Crippen molar-refractivity contribution >= 4 is 15.9 Å². The molecule has 0 saturated carbocycles. The minimum Gasteiger partial charge on any atom is -0.489 e. The Labute approximate surface area is 86.2 Å². The molecule has 0 aliphatic carbocycles. The van der Waals surface area contributed by atoms with Crippen LogP contribution >= 0.6 is 15.9 Å². The molecular formula is C10H12BrNO. The zero-order chi connectivity index (χ0) is 9.42. The first-order valence-corrected chi connectivity index (χ1v) is 5.18. The first kappa shape index (κ1) is 9.03. The van der Waals surface area contributed by atoms with Gasteiger partial charge in [-0.2, -0.15) is 0 Å². The third kappa shape index (κ3) is 1.58. The number of ether oxygens (including phenoxy) is 1. The predicted molar refractivity (Wildman–Crippen MR) is 55.8 cm³/mol. The number of rotatable bonds is 0. The van der Waals surface area contributed by atoms with Gasteiger partial charge < -0.3 is 10.5 Å². The van der Waals surface area contributed by atoms with Crippen LogP contribution in [-0.2, 0) is 0 Å². The second kappa shape index (κ2) is 3.31. The highest BCUT2D eigenvalue weighted by Gasteiger charge is 2.24. The van der Waals surface area contributed by atoms with Crippen LogP contribution in [0.15, 0.2) is 22.7 Å². The molecule has 0 aromatic heterocycles. The smallest absolute Gasteiger partial charge is 0.138 e. The number of para-hydroxylation sites is 1. The van der Waals surface area contributed by atoms with Crippen molar-refractivity contribution in [1.82, 2.24) is 0 Å². The van der Waals surface area contributed by atoms with Gasteiger partial charge in [0.05, 0.1) is 10.6 Å². The predicted octanol–water partition coefficient (Wildman–Crippen LogP) is 2.62. The minimum atomic E-state index is 0.108. The van der Waals surface area contributed by atoms with Crippen molar-refractivity contribution in [3.05, 3.63) is 28.2 Å². The Morgan fingerprint density at radius 1 is 1.54 bits per heavy atom. The Kier molecular flexibility index (Phi) is 2.30. The lowest BCUT2D eigenvalue weighted by Crippen LogP contribution is -2.27. The summed E-state index contributed by atoms with van der Waals surface area (Å²) in [6, 6.07) is 6.10. The molecule has 0 radical (unpaired) electrons. The number of hydrogen-bond donors (Lipinski definition) is 1. The molecule has 3 heteroatoms. The number of halogens is 1. The maximum absolute atomic E-state index is 6.00. The van der Waals surface area contributed by atoms with Crippen LogP contribution in [-0.4, -0.2) is 6.10 Å². The van der Waals surface area contributed by atoms with E-state index in [-0.39, 0.29) is 12.1 Å². The molecule has 0 saturated heterocycles. The van der Waals surface area contributed by atoms with Crippen molar-refractivity contribution in [3.8, 4) is 5.75 Å². The van der Waals surface area contributed by atoms with Gasteiger partial charge in [-0.15, -0.1) is 0 Å². The van der Waals surface area contributed by atoms with Crippen LogP contribution in [0.25, 0.3) is 0 Å². The highest BCUT2D eigenvalue weighted by molar-refractivity contribution is 9.10. The van der Waals surface area contributed by atoms with Gasteiger partial charge in [-0.05, 0) is 28.9 Å². The van der Waals surface area contributed by atoms with Crippen LogP contribution in [0.4, 0.5) is 0 Å². The second-order valence-electron chi connectivity index (χ2n) is 3.43. The molecule has 1 aliphatic heterocycles. The molecule has 2 nitrogen and oxygen atoms in total. The average Bonchev–Trinajstić information content (AvgIpc) is 2.07. The Balaban J connectivity index is 2.49. The lowest BCUT2D eigenvalue weighted by atomic mass is 9.98. The van der Waals surface area contributed by atoms with Gasteiger partial charge in [0, 0.05) is 18.0 Å². The highest BCUT2D eigenvalue weighted by Crippen LogP contribution is 2.38. The molecule has 0 amide bonds. The molecule has 2 unspecified atom stereocenters. The molecule has 2 rings (SSSR count). The third-order valence-electron chi connectivity index (χ3n) is 2.30. The summed E-state index contributed by atoms with van der Waals surface area (Å²) in [6.07, 6.45) is 1.10. The standard InChI is InChI=1S/C10H12BrNO/c1-6-5-9(12)7-3-2-4-8(11)10(7)13-6/h2-4,6,9H,5,12H2,1H3. The first-order valence-electron chi connectivity index (χ1n) is 4.39. The summed E-state index contributed by atoms with van der Waals surface area (Å²) in [6.45, 7) is 2.04. The lowest BCUT2D eigenvalue weighted by Gasteiger charge is -2.28. The topological polar surface area (TPSA) is 35.2 Å². The van der Waals surface area contributed by atoms with Crippen LogP contribution in [0.1, 0.15) is 24.9 Å². The maximum atomic E-state index is 6.00. The molecule has 0 fully saturated rings. The zero-order valence-corrected chi connectivity index (χ0v) is 9.04. The fourth-order valence-electron chi connectivity index (χ4n) is 1.68. The highest BCUT2D eigenvalue weighted by atomic mass is 79.9. The van der Waals surface area contributed by atoms with E-state index in [1.54, 1.807) is 0 Å². The van der Waals surface area contributed by atoms with Gasteiger partial charge >= 0.3 is 0 Å². The van der Waals surface area contributed by atoms with E-state index in [0.29, 0.717) is 0 Å². The maximum Gasteiger partial charge on any atom is 0.138 e. The van der Waals surface area contributed by atoms with Crippen molar-refractivity contribution in [1.29, 1.82) is 0 Å². The summed E-state index contributed by atoms with van der Waals surface area (Å²) in [4.78, 5) is 0. The van der Waals surface area contributed by atoms with E-state index >= 15 is 0 Å². The van der Waals surface area contributed by atoms with Crippen LogP contribution in [0.5, 0.6) is 5.75 Å². The Hall–Kier alpha value is -0.540. The summed E-state index contributed by atoms with van der Waals surface area (Å²) in [5.41, 5.74) is 7.11. The average molecular weight is 242 g/mol. The molecule has 1 aliphatic rings. The second-order valence-corrected chi connectivity index (χ2v) is 4.28. The van der Waals surface area contributed by atoms with Gasteiger partial charge in [-0.1, -0.05) is 12.1 Å². The monoisotopic (exact) mass is 241 g/mol. The van der Waals surface area contributed by atoms with E-state index in [4.69, 9.17) is 10.5 Å². The van der Waals surface area contributed by atoms with Crippen molar-refractivity contribution in [2.24, 2.45) is 5.73 Å². The van der Waals surface area contributed by atoms with Crippen LogP contribution in [0.2, 0.25) is 0 Å². The summed E-state index contributed by atoms with van der Waals surface area (Å²) in [7, 11) is 0.